The maximum Gasteiger partial charge on any atom is 0.274 e. The fourth-order valence-corrected chi connectivity index (χ4v) is 3.25. The Morgan fingerprint density at radius 3 is 2.52 bits per heavy atom. The molecule has 3 amide bonds. The fraction of sp³-hybridized carbons (Fsp3) is 0.600. The van der Waals surface area contributed by atoms with E-state index in [0.29, 0.717) is 31.2 Å². The summed E-state index contributed by atoms with van der Waals surface area (Å²) in [6.07, 6.45) is 0.252. The summed E-state index contributed by atoms with van der Waals surface area (Å²) in [5.74, 6) is 0.204. The number of hydrogen-bond donors (Lipinski definition) is 2. The number of hydrogen-bond acceptors (Lipinski definition) is 4. The molecule has 2 N–H and O–H groups in total. The number of aromatic amines is 1. The molecule has 2 aliphatic rings. The smallest absolute Gasteiger partial charge is 0.274 e. The highest BCUT2D eigenvalue weighted by Crippen LogP contribution is 2.26. The zero-order valence-corrected chi connectivity index (χ0v) is 13.5. The molecule has 2 saturated heterocycles. The summed E-state index contributed by atoms with van der Waals surface area (Å²) in [4.78, 5) is 46.8. The van der Waals surface area contributed by atoms with Crippen LogP contribution in [0.3, 0.4) is 0 Å². The number of nitrogens with one attached hydrogen (secondary N) is 2. The lowest BCUT2D eigenvalue weighted by Gasteiger charge is -2.43. The van der Waals surface area contributed by atoms with Crippen LogP contribution in [0.25, 0.3) is 0 Å². The average molecular weight is 319 g/mol. The minimum atomic E-state index is -0.284. The Morgan fingerprint density at radius 2 is 1.96 bits per heavy atom. The van der Waals surface area contributed by atoms with E-state index in [1.807, 2.05) is 13.8 Å². The monoisotopic (exact) mass is 319 g/mol. The van der Waals surface area contributed by atoms with Crippen molar-refractivity contribution in [3.8, 4) is 0 Å². The maximum atomic E-state index is 12.4. The van der Waals surface area contributed by atoms with E-state index >= 15 is 0 Å². The zero-order valence-electron chi connectivity index (χ0n) is 13.5. The largest absolute Gasteiger partial charge is 0.359 e. The van der Waals surface area contributed by atoms with Crippen LogP contribution in [0.15, 0.2) is 0 Å². The molecule has 124 valence electrons. The van der Waals surface area contributed by atoms with Crippen molar-refractivity contribution in [2.75, 3.05) is 26.7 Å². The van der Waals surface area contributed by atoms with Gasteiger partial charge in [0.05, 0.1) is 12.0 Å². The Hall–Kier alpha value is -2.38. The first-order valence-electron chi connectivity index (χ1n) is 7.74. The molecule has 8 heteroatoms. The molecule has 1 aromatic rings. The number of aromatic nitrogens is 2. The lowest BCUT2D eigenvalue weighted by atomic mass is 10.1. The Kier molecular flexibility index (Phi) is 3.83. The number of nitrogens with zero attached hydrogens (tertiary/aromatic N) is 3. The number of amides is 3. The van der Waals surface area contributed by atoms with Crippen molar-refractivity contribution in [2.24, 2.45) is 5.92 Å². The summed E-state index contributed by atoms with van der Waals surface area (Å²) in [6, 6.07) is 0.00134. The molecule has 0 bridgehead atoms. The third kappa shape index (κ3) is 2.69. The van der Waals surface area contributed by atoms with Gasteiger partial charge in [-0.25, -0.2) is 4.98 Å². The average Bonchev–Trinajstić information content (AvgIpc) is 2.99. The van der Waals surface area contributed by atoms with Gasteiger partial charge in [0.25, 0.3) is 5.91 Å². The highest BCUT2D eigenvalue weighted by atomic mass is 16.2. The van der Waals surface area contributed by atoms with E-state index in [9.17, 15) is 14.4 Å². The minimum Gasteiger partial charge on any atom is -0.359 e. The lowest BCUT2D eigenvalue weighted by molar-refractivity contribution is -0.132. The third-order valence-electron chi connectivity index (χ3n) is 4.57. The van der Waals surface area contributed by atoms with Crippen molar-refractivity contribution >= 4 is 17.7 Å². The fourth-order valence-electron chi connectivity index (χ4n) is 3.25. The topological polar surface area (TPSA) is 98.4 Å². The molecule has 0 spiro atoms. The van der Waals surface area contributed by atoms with Crippen molar-refractivity contribution in [1.82, 2.24) is 25.1 Å². The molecule has 23 heavy (non-hydrogen) atoms. The predicted molar refractivity (Wildman–Crippen MR) is 81.6 cm³/mol. The van der Waals surface area contributed by atoms with Gasteiger partial charge in [-0.3, -0.25) is 14.4 Å². The molecule has 3 rings (SSSR count). The quantitative estimate of drug-likeness (QED) is 0.780. The molecule has 3 heterocycles. The van der Waals surface area contributed by atoms with Gasteiger partial charge in [-0.2, -0.15) is 0 Å². The van der Waals surface area contributed by atoms with Crippen molar-refractivity contribution in [3.05, 3.63) is 17.2 Å². The molecular weight excluding hydrogens is 298 g/mol. The molecular formula is C15H21N5O3. The van der Waals surface area contributed by atoms with Crippen molar-refractivity contribution < 1.29 is 14.4 Å². The van der Waals surface area contributed by atoms with E-state index in [1.165, 1.54) is 0 Å². The molecule has 8 nitrogen and oxygen atoms in total. The van der Waals surface area contributed by atoms with Crippen LogP contribution < -0.4 is 5.32 Å². The first-order valence-corrected chi connectivity index (χ1v) is 7.74. The lowest BCUT2D eigenvalue weighted by Crippen LogP contribution is -2.61. The number of likely N-dealkylation sites (tertiary alicyclic amines) is 2. The van der Waals surface area contributed by atoms with Crippen molar-refractivity contribution in [2.45, 2.75) is 26.3 Å². The SMILES string of the molecule is CNC(=O)C1CC(=O)N(C2CN(C(=O)c3nc(C)[nH]c3C)C2)C1. The Labute approximate surface area is 134 Å². The van der Waals surface area contributed by atoms with Gasteiger partial charge in [0, 0.05) is 38.8 Å². The number of rotatable bonds is 3. The van der Waals surface area contributed by atoms with E-state index in [4.69, 9.17) is 0 Å². The van der Waals surface area contributed by atoms with Gasteiger partial charge in [0.1, 0.15) is 11.5 Å². The highest BCUT2D eigenvalue weighted by Gasteiger charge is 2.43. The van der Waals surface area contributed by atoms with Gasteiger partial charge in [-0.1, -0.05) is 0 Å². The summed E-state index contributed by atoms with van der Waals surface area (Å²) in [6.45, 7) is 5.06. The summed E-state index contributed by atoms with van der Waals surface area (Å²) >= 11 is 0. The maximum absolute atomic E-state index is 12.4. The van der Waals surface area contributed by atoms with Crippen LogP contribution in [0, 0.1) is 19.8 Å². The van der Waals surface area contributed by atoms with E-state index in [1.54, 1.807) is 16.8 Å². The van der Waals surface area contributed by atoms with Crippen LogP contribution in [0.1, 0.15) is 28.4 Å². The Morgan fingerprint density at radius 1 is 1.26 bits per heavy atom. The Bertz CT molecular complexity index is 662. The van der Waals surface area contributed by atoms with Gasteiger partial charge in [0.2, 0.25) is 11.8 Å². The summed E-state index contributed by atoms with van der Waals surface area (Å²) in [5, 5.41) is 2.59. The van der Waals surface area contributed by atoms with Gasteiger partial charge in [-0.15, -0.1) is 0 Å². The molecule has 2 aliphatic heterocycles. The van der Waals surface area contributed by atoms with Crippen LogP contribution in [0.4, 0.5) is 0 Å². The van der Waals surface area contributed by atoms with Crippen LogP contribution in [-0.2, 0) is 9.59 Å². The van der Waals surface area contributed by atoms with Crippen LogP contribution in [-0.4, -0.2) is 70.2 Å². The van der Waals surface area contributed by atoms with E-state index in [0.717, 1.165) is 5.69 Å². The summed E-state index contributed by atoms with van der Waals surface area (Å²) in [5.41, 5.74) is 1.20. The highest BCUT2D eigenvalue weighted by molar-refractivity contribution is 5.94. The van der Waals surface area contributed by atoms with Gasteiger partial charge >= 0.3 is 0 Å². The summed E-state index contributed by atoms with van der Waals surface area (Å²) < 4.78 is 0. The second kappa shape index (κ2) is 5.68. The second-order valence-electron chi connectivity index (χ2n) is 6.22. The molecule has 2 fully saturated rings. The molecule has 0 radical (unpaired) electrons. The first-order chi connectivity index (χ1) is 10.9. The van der Waals surface area contributed by atoms with Crippen LogP contribution >= 0.6 is 0 Å². The first kappa shape index (κ1) is 15.5. The van der Waals surface area contributed by atoms with Gasteiger partial charge in [-0.05, 0) is 13.8 Å². The number of carbonyl (C=O) groups is 3. The molecule has 1 atom stereocenters. The normalized spacial score (nSPS) is 21.5. The van der Waals surface area contributed by atoms with Crippen LogP contribution in [0.2, 0.25) is 0 Å². The minimum absolute atomic E-state index is 0.00134. The zero-order chi connectivity index (χ0) is 16.7. The standard InChI is InChI=1S/C15H21N5O3/c1-8-13(18-9(2)17-8)15(23)19-6-11(7-19)20-5-10(4-12(20)21)14(22)16-3/h10-11H,4-7H2,1-3H3,(H,16,22)(H,17,18). The van der Waals surface area contributed by atoms with Crippen molar-refractivity contribution in [3.63, 3.8) is 0 Å². The second-order valence-corrected chi connectivity index (χ2v) is 6.22. The molecule has 0 aliphatic carbocycles. The Balaban J connectivity index is 1.59. The number of H-pyrrole nitrogens is 1. The van der Waals surface area contributed by atoms with E-state index < -0.39 is 0 Å². The van der Waals surface area contributed by atoms with Crippen molar-refractivity contribution in [1.29, 1.82) is 0 Å². The van der Waals surface area contributed by atoms with E-state index in [2.05, 4.69) is 15.3 Å². The predicted octanol–water partition coefficient (Wildman–Crippen LogP) is -0.555. The van der Waals surface area contributed by atoms with Gasteiger partial charge < -0.3 is 20.1 Å². The molecule has 1 aromatic heterocycles. The van der Waals surface area contributed by atoms with Crippen LogP contribution in [0.5, 0.6) is 0 Å². The van der Waals surface area contributed by atoms with Gasteiger partial charge in [0.15, 0.2) is 0 Å². The number of imidazole rings is 1. The molecule has 0 saturated carbocycles. The number of aryl methyl sites for hydroxylation is 2. The number of carbonyl (C=O) groups excluding carboxylic acids is 3. The molecule has 0 aromatic carbocycles. The third-order valence-corrected chi connectivity index (χ3v) is 4.57. The summed E-state index contributed by atoms with van der Waals surface area (Å²) in [7, 11) is 1.58. The van der Waals surface area contributed by atoms with E-state index in [-0.39, 0.29) is 36.1 Å². The molecule has 1 unspecified atom stereocenters.